The van der Waals surface area contributed by atoms with Crippen molar-refractivity contribution in [2.75, 3.05) is 17.2 Å². The number of nitrogens with one attached hydrogen (secondary N) is 2. The van der Waals surface area contributed by atoms with Gasteiger partial charge in [0.05, 0.1) is 0 Å². The van der Waals surface area contributed by atoms with Crippen LogP contribution in [0.4, 0.5) is 11.6 Å². The molecule has 0 saturated carbocycles. The molecule has 0 radical (unpaired) electrons. The number of anilines is 2. The maximum Gasteiger partial charge on any atom is 0.134 e. The molecule has 0 spiro atoms. The van der Waals surface area contributed by atoms with Crippen LogP contribution in [-0.2, 0) is 0 Å². The topological polar surface area (TPSA) is 49.8 Å². The molecule has 90 valence electrons. The second-order valence-corrected chi connectivity index (χ2v) is 4.40. The lowest BCUT2D eigenvalue weighted by atomic mass is 10.1. The smallest absolute Gasteiger partial charge is 0.134 e. The Hall–Kier alpha value is -1.32. The van der Waals surface area contributed by atoms with Crippen LogP contribution in [0.25, 0.3) is 0 Å². The van der Waals surface area contributed by atoms with Crippen molar-refractivity contribution in [3.63, 3.8) is 0 Å². The summed E-state index contributed by atoms with van der Waals surface area (Å²) in [5, 5.41) is 6.64. The molecular weight excluding hydrogens is 200 g/mol. The Morgan fingerprint density at radius 2 is 1.81 bits per heavy atom. The highest BCUT2D eigenvalue weighted by Crippen LogP contribution is 2.19. The molecule has 0 aromatic carbocycles. The summed E-state index contributed by atoms with van der Waals surface area (Å²) in [5.74, 6) is 2.42. The molecule has 4 nitrogen and oxygen atoms in total. The zero-order chi connectivity index (χ0) is 12.1. The molecule has 0 aliphatic heterocycles. The molecule has 16 heavy (non-hydrogen) atoms. The van der Waals surface area contributed by atoms with Crippen molar-refractivity contribution in [3.05, 3.63) is 11.9 Å². The van der Waals surface area contributed by atoms with Crippen molar-refractivity contribution < 1.29 is 0 Å². The summed E-state index contributed by atoms with van der Waals surface area (Å²) in [6, 6.07) is 0.406. The van der Waals surface area contributed by atoms with Crippen LogP contribution in [0.3, 0.4) is 0 Å². The van der Waals surface area contributed by atoms with Crippen LogP contribution in [0.15, 0.2) is 6.33 Å². The van der Waals surface area contributed by atoms with Gasteiger partial charge < -0.3 is 10.6 Å². The molecule has 1 heterocycles. The van der Waals surface area contributed by atoms with Crippen molar-refractivity contribution in [1.29, 1.82) is 0 Å². The Bertz CT molecular complexity index is 336. The lowest BCUT2D eigenvalue weighted by molar-refractivity contribution is 0.558. The van der Waals surface area contributed by atoms with Gasteiger partial charge in [-0.2, -0.15) is 0 Å². The van der Waals surface area contributed by atoms with E-state index in [4.69, 9.17) is 0 Å². The van der Waals surface area contributed by atoms with E-state index in [1.165, 1.54) is 0 Å². The van der Waals surface area contributed by atoms with Crippen molar-refractivity contribution in [1.82, 2.24) is 9.97 Å². The maximum absolute atomic E-state index is 4.28. The van der Waals surface area contributed by atoms with E-state index in [-0.39, 0.29) is 0 Å². The standard InChI is InChI=1S/C12H22N4/c1-6-13-11-9(4)12(15-7-14-11)16-10(5)8(2)3/h7-8,10H,6H2,1-5H3,(H2,13,14,15,16). The third kappa shape index (κ3) is 3.08. The summed E-state index contributed by atoms with van der Waals surface area (Å²) in [7, 11) is 0. The highest BCUT2D eigenvalue weighted by Gasteiger charge is 2.11. The molecule has 0 fully saturated rings. The lowest BCUT2D eigenvalue weighted by Crippen LogP contribution is -2.23. The lowest BCUT2D eigenvalue weighted by Gasteiger charge is -2.20. The van der Waals surface area contributed by atoms with Crippen LogP contribution >= 0.6 is 0 Å². The Balaban J connectivity index is 2.84. The van der Waals surface area contributed by atoms with Crippen molar-refractivity contribution >= 4 is 11.6 Å². The first-order valence-electron chi connectivity index (χ1n) is 5.88. The number of hydrogen-bond acceptors (Lipinski definition) is 4. The van der Waals surface area contributed by atoms with Crippen molar-refractivity contribution in [2.45, 2.75) is 40.7 Å². The highest BCUT2D eigenvalue weighted by molar-refractivity contribution is 5.56. The zero-order valence-electron chi connectivity index (χ0n) is 10.8. The summed E-state index contributed by atoms with van der Waals surface area (Å²) in [5.41, 5.74) is 1.08. The molecule has 2 N–H and O–H groups in total. The minimum Gasteiger partial charge on any atom is -0.370 e. The monoisotopic (exact) mass is 222 g/mol. The molecule has 1 atom stereocenters. The number of nitrogens with zero attached hydrogens (tertiary/aromatic N) is 2. The quantitative estimate of drug-likeness (QED) is 0.804. The zero-order valence-corrected chi connectivity index (χ0v) is 10.8. The SMILES string of the molecule is CCNc1ncnc(NC(C)C(C)C)c1C. The van der Waals surface area contributed by atoms with Gasteiger partial charge in [0.25, 0.3) is 0 Å². The highest BCUT2D eigenvalue weighted by atomic mass is 15.1. The second kappa shape index (κ2) is 5.68. The maximum atomic E-state index is 4.28. The molecule has 1 rings (SSSR count). The molecule has 0 aliphatic rings. The first-order valence-corrected chi connectivity index (χ1v) is 5.88. The molecule has 0 aliphatic carbocycles. The Labute approximate surface area is 97.9 Å². The second-order valence-electron chi connectivity index (χ2n) is 4.40. The summed E-state index contributed by atoms with van der Waals surface area (Å²) in [6.45, 7) is 11.5. The number of hydrogen-bond donors (Lipinski definition) is 2. The third-order valence-corrected chi connectivity index (χ3v) is 2.79. The van der Waals surface area contributed by atoms with Gasteiger partial charge in [0, 0.05) is 18.2 Å². The van der Waals surface area contributed by atoms with Gasteiger partial charge in [-0.1, -0.05) is 13.8 Å². The van der Waals surface area contributed by atoms with Crippen LogP contribution in [0.2, 0.25) is 0 Å². The van der Waals surface area contributed by atoms with Crippen LogP contribution in [0, 0.1) is 12.8 Å². The van der Waals surface area contributed by atoms with Crippen LogP contribution in [-0.4, -0.2) is 22.6 Å². The van der Waals surface area contributed by atoms with E-state index in [0.717, 1.165) is 23.7 Å². The Morgan fingerprint density at radius 3 is 2.38 bits per heavy atom. The normalized spacial score (nSPS) is 12.6. The first kappa shape index (κ1) is 12.7. The number of rotatable bonds is 5. The van der Waals surface area contributed by atoms with Crippen LogP contribution < -0.4 is 10.6 Å². The van der Waals surface area contributed by atoms with Gasteiger partial charge >= 0.3 is 0 Å². The van der Waals surface area contributed by atoms with E-state index in [2.05, 4.69) is 48.3 Å². The van der Waals surface area contributed by atoms with Gasteiger partial charge in [0.1, 0.15) is 18.0 Å². The largest absolute Gasteiger partial charge is 0.370 e. The average Bonchev–Trinajstić information content (AvgIpc) is 2.24. The minimum atomic E-state index is 0.406. The summed E-state index contributed by atoms with van der Waals surface area (Å²) in [6.07, 6.45) is 1.60. The van der Waals surface area contributed by atoms with Gasteiger partial charge in [-0.3, -0.25) is 0 Å². The van der Waals surface area contributed by atoms with E-state index in [9.17, 15) is 0 Å². The molecule has 4 heteroatoms. The molecule has 1 aromatic heterocycles. The van der Waals surface area contributed by atoms with E-state index in [0.29, 0.717) is 12.0 Å². The molecule has 0 saturated heterocycles. The summed E-state index contributed by atoms with van der Waals surface area (Å²) < 4.78 is 0. The Kier molecular flexibility index (Phi) is 4.52. The van der Waals surface area contributed by atoms with Gasteiger partial charge in [0.15, 0.2) is 0 Å². The molecule has 0 bridgehead atoms. The molecule has 1 unspecified atom stereocenters. The molecule has 1 aromatic rings. The fourth-order valence-electron chi connectivity index (χ4n) is 1.32. The van der Waals surface area contributed by atoms with E-state index in [1.807, 2.05) is 6.92 Å². The molecular formula is C12H22N4. The van der Waals surface area contributed by atoms with Gasteiger partial charge in [-0.15, -0.1) is 0 Å². The average molecular weight is 222 g/mol. The summed E-state index contributed by atoms with van der Waals surface area (Å²) >= 11 is 0. The van der Waals surface area contributed by atoms with Crippen molar-refractivity contribution in [2.24, 2.45) is 5.92 Å². The van der Waals surface area contributed by atoms with Crippen LogP contribution in [0.1, 0.15) is 33.3 Å². The van der Waals surface area contributed by atoms with E-state index in [1.54, 1.807) is 6.33 Å². The number of aromatic nitrogens is 2. The van der Waals surface area contributed by atoms with Crippen LogP contribution in [0.5, 0.6) is 0 Å². The predicted octanol–water partition coefficient (Wildman–Crippen LogP) is 2.67. The fraction of sp³-hybridized carbons (Fsp3) is 0.667. The first-order chi connectivity index (χ1) is 7.56. The minimum absolute atomic E-state index is 0.406. The van der Waals surface area contributed by atoms with Crippen molar-refractivity contribution in [3.8, 4) is 0 Å². The molecule has 0 amide bonds. The fourth-order valence-corrected chi connectivity index (χ4v) is 1.32. The third-order valence-electron chi connectivity index (χ3n) is 2.79. The van der Waals surface area contributed by atoms with E-state index < -0.39 is 0 Å². The van der Waals surface area contributed by atoms with E-state index >= 15 is 0 Å². The van der Waals surface area contributed by atoms with Gasteiger partial charge in [-0.05, 0) is 26.7 Å². The summed E-state index contributed by atoms with van der Waals surface area (Å²) in [4.78, 5) is 8.50. The van der Waals surface area contributed by atoms with Gasteiger partial charge in [-0.25, -0.2) is 9.97 Å². The van der Waals surface area contributed by atoms with Gasteiger partial charge in [0.2, 0.25) is 0 Å². The Morgan fingerprint density at radius 1 is 1.19 bits per heavy atom. The predicted molar refractivity (Wildman–Crippen MR) is 68.9 cm³/mol.